The predicted octanol–water partition coefficient (Wildman–Crippen LogP) is 4.69. The molecule has 0 spiro atoms. The molecule has 0 saturated carbocycles. The van der Waals surface area contributed by atoms with Gasteiger partial charge in [0.2, 0.25) is 5.95 Å². The third-order valence-electron chi connectivity index (χ3n) is 5.56. The molecule has 0 aliphatic carbocycles. The van der Waals surface area contributed by atoms with Crippen LogP contribution in [0, 0.1) is 5.82 Å². The van der Waals surface area contributed by atoms with Crippen LogP contribution < -0.4 is 9.64 Å². The lowest BCUT2D eigenvalue weighted by atomic mass is 9.99. The van der Waals surface area contributed by atoms with E-state index in [9.17, 15) is 4.39 Å². The van der Waals surface area contributed by atoms with E-state index in [0.29, 0.717) is 5.95 Å². The summed E-state index contributed by atoms with van der Waals surface area (Å²) in [6.45, 7) is 1.75. The van der Waals surface area contributed by atoms with Crippen molar-refractivity contribution in [2.24, 2.45) is 0 Å². The lowest BCUT2D eigenvalue weighted by molar-refractivity contribution is 0.245. The summed E-state index contributed by atoms with van der Waals surface area (Å²) >= 11 is 0. The van der Waals surface area contributed by atoms with Gasteiger partial charge in [-0.25, -0.2) is 14.4 Å². The Balaban J connectivity index is 1.73. The van der Waals surface area contributed by atoms with Gasteiger partial charge < -0.3 is 9.64 Å². The quantitative estimate of drug-likeness (QED) is 0.594. The van der Waals surface area contributed by atoms with E-state index in [1.165, 1.54) is 12.1 Å². The van der Waals surface area contributed by atoms with Gasteiger partial charge in [0, 0.05) is 32.4 Å². The zero-order valence-corrected chi connectivity index (χ0v) is 17.7. The van der Waals surface area contributed by atoms with Crippen molar-refractivity contribution in [1.29, 1.82) is 0 Å². The van der Waals surface area contributed by atoms with E-state index in [0.717, 1.165) is 54.1 Å². The minimum Gasteiger partial charge on any atom is -0.497 e. The highest BCUT2D eigenvalue weighted by molar-refractivity contribution is 5.68. The molecule has 1 aromatic heterocycles. The van der Waals surface area contributed by atoms with E-state index in [1.807, 2.05) is 55.5 Å². The molecule has 156 valence electrons. The molecular formula is C24H27FN4O. The summed E-state index contributed by atoms with van der Waals surface area (Å²) in [6, 6.07) is 15.0. The number of hydrogen-bond acceptors (Lipinski definition) is 5. The second kappa shape index (κ2) is 8.79. The van der Waals surface area contributed by atoms with E-state index in [-0.39, 0.29) is 11.9 Å². The summed E-state index contributed by atoms with van der Waals surface area (Å²) in [5.74, 6) is 1.30. The van der Waals surface area contributed by atoms with Crippen molar-refractivity contribution in [3.8, 4) is 16.9 Å². The number of rotatable bonds is 6. The van der Waals surface area contributed by atoms with Gasteiger partial charge in [0.25, 0.3) is 0 Å². The molecule has 3 aromatic rings. The van der Waals surface area contributed by atoms with Crippen molar-refractivity contribution in [3.05, 3.63) is 71.8 Å². The SMILES string of the molecule is COc1cccc(-c2cnc(N(C)C)nc2[C@H]2CCCN2Cc2ccc(F)cc2)c1. The number of hydrogen-bond donors (Lipinski definition) is 0. The van der Waals surface area contributed by atoms with Crippen LogP contribution in [0.15, 0.2) is 54.7 Å². The molecule has 1 fully saturated rings. The second-order valence-corrected chi connectivity index (χ2v) is 7.85. The van der Waals surface area contributed by atoms with Gasteiger partial charge in [0.1, 0.15) is 11.6 Å². The summed E-state index contributed by atoms with van der Waals surface area (Å²) in [4.78, 5) is 13.9. The first-order chi connectivity index (χ1) is 14.5. The van der Waals surface area contributed by atoms with Crippen LogP contribution in [0.3, 0.4) is 0 Å². The molecule has 0 N–H and O–H groups in total. The fourth-order valence-corrected chi connectivity index (χ4v) is 4.02. The van der Waals surface area contributed by atoms with Crippen molar-refractivity contribution >= 4 is 5.95 Å². The number of methoxy groups -OCH3 is 1. The number of ether oxygens (including phenoxy) is 1. The van der Waals surface area contributed by atoms with E-state index in [1.54, 1.807) is 7.11 Å². The Kier molecular flexibility index (Phi) is 5.95. The summed E-state index contributed by atoms with van der Waals surface area (Å²) in [7, 11) is 5.58. The number of likely N-dealkylation sites (tertiary alicyclic amines) is 1. The maximum Gasteiger partial charge on any atom is 0.225 e. The van der Waals surface area contributed by atoms with Crippen LogP contribution in [0.1, 0.15) is 30.1 Å². The molecule has 2 aromatic carbocycles. The van der Waals surface area contributed by atoms with Crippen LogP contribution in [-0.2, 0) is 6.54 Å². The third kappa shape index (κ3) is 4.28. The number of aromatic nitrogens is 2. The highest BCUT2D eigenvalue weighted by atomic mass is 19.1. The van der Waals surface area contributed by atoms with E-state index in [4.69, 9.17) is 9.72 Å². The van der Waals surface area contributed by atoms with Gasteiger partial charge in [0.05, 0.1) is 18.8 Å². The first-order valence-corrected chi connectivity index (χ1v) is 10.2. The molecule has 0 radical (unpaired) electrons. The Hall–Kier alpha value is -2.99. The monoisotopic (exact) mass is 406 g/mol. The summed E-state index contributed by atoms with van der Waals surface area (Å²) in [6.07, 6.45) is 4.05. The van der Waals surface area contributed by atoms with Crippen LogP contribution in [0.4, 0.5) is 10.3 Å². The largest absolute Gasteiger partial charge is 0.497 e. The van der Waals surface area contributed by atoms with Crippen molar-refractivity contribution in [2.75, 3.05) is 32.6 Å². The van der Waals surface area contributed by atoms with Crippen LogP contribution in [0.5, 0.6) is 5.75 Å². The van der Waals surface area contributed by atoms with Crippen LogP contribution in [0.25, 0.3) is 11.1 Å². The Labute approximate surface area is 177 Å². The number of halogens is 1. The molecular weight excluding hydrogens is 379 g/mol. The molecule has 0 bridgehead atoms. The Bertz CT molecular complexity index is 1010. The smallest absolute Gasteiger partial charge is 0.225 e. The van der Waals surface area contributed by atoms with Gasteiger partial charge in [-0.1, -0.05) is 24.3 Å². The highest BCUT2D eigenvalue weighted by Crippen LogP contribution is 2.38. The van der Waals surface area contributed by atoms with Gasteiger partial charge in [0.15, 0.2) is 0 Å². The zero-order valence-electron chi connectivity index (χ0n) is 17.7. The maximum absolute atomic E-state index is 13.3. The highest BCUT2D eigenvalue weighted by Gasteiger charge is 2.30. The first kappa shape index (κ1) is 20.3. The number of nitrogens with zero attached hydrogens (tertiary/aromatic N) is 4. The van der Waals surface area contributed by atoms with Crippen molar-refractivity contribution in [2.45, 2.75) is 25.4 Å². The summed E-state index contributed by atoms with van der Waals surface area (Å²) in [5, 5.41) is 0. The minimum atomic E-state index is -0.205. The van der Waals surface area contributed by atoms with E-state index < -0.39 is 0 Å². The Morgan fingerprint density at radius 1 is 1.17 bits per heavy atom. The van der Waals surface area contributed by atoms with Gasteiger partial charge >= 0.3 is 0 Å². The molecule has 5 nitrogen and oxygen atoms in total. The zero-order chi connectivity index (χ0) is 21.1. The second-order valence-electron chi connectivity index (χ2n) is 7.85. The van der Waals surface area contributed by atoms with Crippen molar-refractivity contribution in [3.63, 3.8) is 0 Å². The molecule has 4 rings (SSSR count). The molecule has 1 saturated heterocycles. The van der Waals surface area contributed by atoms with Gasteiger partial charge in [-0.2, -0.15) is 0 Å². The van der Waals surface area contributed by atoms with Gasteiger partial charge in [-0.05, 0) is 54.8 Å². The summed E-state index contributed by atoms with van der Waals surface area (Å²) in [5.41, 5.74) is 4.20. The number of anilines is 1. The molecule has 1 aliphatic rings. The first-order valence-electron chi connectivity index (χ1n) is 10.2. The predicted molar refractivity (Wildman–Crippen MR) is 117 cm³/mol. The molecule has 2 heterocycles. The van der Waals surface area contributed by atoms with E-state index in [2.05, 4.69) is 16.0 Å². The lowest BCUT2D eigenvalue weighted by Gasteiger charge is -2.27. The Morgan fingerprint density at radius 3 is 2.70 bits per heavy atom. The molecule has 1 atom stereocenters. The van der Waals surface area contributed by atoms with Gasteiger partial charge in [-0.15, -0.1) is 0 Å². The topological polar surface area (TPSA) is 41.5 Å². The van der Waals surface area contributed by atoms with Crippen molar-refractivity contribution in [1.82, 2.24) is 14.9 Å². The van der Waals surface area contributed by atoms with Crippen LogP contribution in [-0.4, -0.2) is 42.6 Å². The summed E-state index contributed by atoms with van der Waals surface area (Å²) < 4.78 is 18.7. The molecule has 30 heavy (non-hydrogen) atoms. The van der Waals surface area contributed by atoms with E-state index >= 15 is 0 Å². The molecule has 1 aliphatic heterocycles. The number of benzene rings is 2. The average molecular weight is 407 g/mol. The third-order valence-corrected chi connectivity index (χ3v) is 5.56. The maximum atomic E-state index is 13.3. The normalized spacial score (nSPS) is 16.6. The lowest BCUT2D eigenvalue weighted by Crippen LogP contribution is -2.25. The average Bonchev–Trinajstić information content (AvgIpc) is 3.23. The molecule has 0 unspecified atom stereocenters. The Morgan fingerprint density at radius 2 is 1.97 bits per heavy atom. The van der Waals surface area contributed by atoms with Crippen molar-refractivity contribution < 1.29 is 9.13 Å². The van der Waals surface area contributed by atoms with Crippen LogP contribution in [0.2, 0.25) is 0 Å². The minimum absolute atomic E-state index is 0.179. The standard InChI is InChI=1S/C24H27FN4O/c1-28(2)24-26-15-21(18-6-4-7-20(14-18)30-3)23(27-24)22-8-5-13-29(22)16-17-9-11-19(25)12-10-17/h4,6-7,9-12,14-15,22H,5,8,13,16H2,1-3H3/t22-/m1/s1. The molecule has 0 amide bonds. The molecule has 6 heteroatoms. The van der Waals surface area contributed by atoms with Crippen LogP contribution >= 0.6 is 0 Å². The van der Waals surface area contributed by atoms with Gasteiger partial charge in [-0.3, -0.25) is 4.90 Å². The fraction of sp³-hybridized carbons (Fsp3) is 0.333. The fourth-order valence-electron chi connectivity index (χ4n) is 4.02.